The van der Waals surface area contributed by atoms with E-state index in [9.17, 15) is 17.2 Å². The Morgan fingerprint density at radius 3 is 2.67 bits per heavy atom. The second-order valence-electron chi connectivity index (χ2n) is 4.28. The summed E-state index contributed by atoms with van der Waals surface area (Å²) in [6.07, 6.45) is 0.699. The number of benzene rings is 1. The van der Waals surface area contributed by atoms with E-state index in [-0.39, 0.29) is 4.21 Å². The molecule has 4 nitrogen and oxygen atoms in total. The molecule has 8 heteroatoms. The molecule has 21 heavy (non-hydrogen) atoms. The van der Waals surface area contributed by atoms with Gasteiger partial charge in [-0.25, -0.2) is 17.2 Å². The van der Waals surface area contributed by atoms with Crippen LogP contribution in [0.3, 0.4) is 0 Å². The number of sulfonamides is 1. The van der Waals surface area contributed by atoms with E-state index in [1.54, 1.807) is 13.1 Å². The summed E-state index contributed by atoms with van der Waals surface area (Å²) in [7, 11) is -2.11. The number of anilines is 1. The predicted molar refractivity (Wildman–Crippen MR) is 79.1 cm³/mol. The third-order valence-corrected chi connectivity index (χ3v) is 5.72. The monoisotopic (exact) mass is 332 g/mol. The number of hydrogen-bond acceptors (Lipinski definition) is 4. The zero-order valence-corrected chi connectivity index (χ0v) is 12.8. The summed E-state index contributed by atoms with van der Waals surface area (Å²) in [6, 6.07) is 6.50. The topological polar surface area (TPSA) is 58.2 Å². The number of thiophene rings is 1. The van der Waals surface area contributed by atoms with Gasteiger partial charge in [0, 0.05) is 4.88 Å². The van der Waals surface area contributed by atoms with Crippen LogP contribution >= 0.6 is 11.3 Å². The number of likely N-dealkylation sites (N-methyl/N-ethyl adjacent to an activating group) is 1. The second kappa shape index (κ2) is 6.50. The van der Waals surface area contributed by atoms with Gasteiger partial charge in [0.2, 0.25) is 0 Å². The molecule has 0 aliphatic rings. The van der Waals surface area contributed by atoms with Crippen LogP contribution in [-0.2, 0) is 16.4 Å². The van der Waals surface area contributed by atoms with Gasteiger partial charge in [0.25, 0.3) is 10.0 Å². The molecule has 1 aromatic heterocycles. The van der Waals surface area contributed by atoms with Crippen LogP contribution in [0.4, 0.5) is 14.5 Å². The first-order valence-electron chi connectivity index (χ1n) is 6.14. The Labute approximate surface area is 125 Å². The highest BCUT2D eigenvalue weighted by Crippen LogP contribution is 2.26. The van der Waals surface area contributed by atoms with Gasteiger partial charge in [0.05, 0.1) is 5.69 Å². The average molecular weight is 332 g/mol. The zero-order chi connectivity index (χ0) is 15.5. The van der Waals surface area contributed by atoms with Crippen LogP contribution in [0.2, 0.25) is 0 Å². The third kappa shape index (κ3) is 3.78. The molecular formula is C13H14F2N2O2S2. The van der Waals surface area contributed by atoms with Crippen LogP contribution < -0.4 is 10.0 Å². The van der Waals surface area contributed by atoms with E-state index in [1.807, 2.05) is 0 Å². The average Bonchev–Trinajstić information content (AvgIpc) is 2.91. The van der Waals surface area contributed by atoms with Gasteiger partial charge in [-0.3, -0.25) is 4.72 Å². The van der Waals surface area contributed by atoms with Gasteiger partial charge in [0.15, 0.2) is 11.6 Å². The number of hydrogen-bond donors (Lipinski definition) is 2. The Morgan fingerprint density at radius 1 is 1.19 bits per heavy atom. The number of halogens is 2. The zero-order valence-electron chi connectivity index (χ0n) is 11.2. The summed E-state index contributed by atoms with van der Waals surface area (Å²) in [5.74, 6) is -2.32. The highest BCUT2D eigenvalue weighted by molar-refractivity contribution is 7.94. The largest absolute Gasteiger partial charge is 0.319 e. The summed E-state index contributed by atoms with van der Waals surface area (Å²) in [5, 5.41) is 2.97. The van der Waals surface area contributed by atoms with Crippen LogP contribution in [0.5, 0.6) is 0 Å². The molecule has 0 fully saturated rings. The maximum Gasteiger partial charge on any atom is 0.271 e. The minimum absolute atomic E-state index is 0.0669. The van der Waals surface area contributed by atoms with Gasteiger partial charge >= 0.3 is 0 Å². The first-order chi connectivity index (χ1) is 9.94. The van der Waals surface area contributed by atoms with Crippen molar-refractivity contribution in [1.82, 2.24) is 5.32 Å². The quantitative estimate of drug-likeness (QED) is 0.855. The van der Waals surface area contributed by atoms with Crippen LogP contribution in [0, 0.1) is 11.6 Å². The smallest absolute Gasteiger partial charge is 0.271 e. The molecule has 2 rings (SSSR count). The van der Waals surface area contributed by atoms with Crippen LogP contribution in [0.15, 0.2) is 34.5 Å². The summed E-state index contributed by atoms with van der Waals surface area (Å²) >= 11 is 1.10. The highest BCUT2D eigenvalue weighted by Gasteiger charge is 2.19. The fraction of sp³-hybridized carbons (Fsp3) is 0.231. The van der Waals surface area contributed by atoms with Gasteiger partial charge in [-0.05, 0) is 44.3 Å². The SMILES string of the molecule is CNCCc1ccc(S(=O)(=O)Nc2cccc(F)c2F)s1. The van der Waals surface area contributed by atoms with Crippen LogP contribution in [-0.4, -0.2) is 22.0 Å². The minimum Gasteiger partial charge on any atom is -0.319 e. The van der Waals surface area contributed by atoms with Crippen molar-refractivity contribution in [3.05, 3.63) is 46.8 Å². The van der Waals surface area contributed by atoms with E-state index in [4.69, 9.17) is 0 Å². The Balaban J connectivity index is 2.22. The lowest BCUT2D eigenvalue weighted by Gasteiger charge is -2.07. The van der Waals surface area contributed by atoms with Crippen molar-refractivity contribution in [3.63, 3.8) is 0 Å². The Hall–Kier alpha value is -1.51. The van der Waals surface area contributed by atoms with Crippen molar-refractivity contribution < 1.29 is 17.2 Å². The van der Waals surface area contributed by atoms with Crippen LogP contribution in [0.25, 0.3) is 0 Å². The van der Waals surface area contributed by atoms with E-state index in [0.717, 1.165) is 28.8 Å². The summed E-state index contributed by atoms with van der Waals surface area (Å²) in [5.41, 5.74) is -0.403. The predicted octanol–water partition coefficient (Wildman–Crippen LogP) is 2.59. The molecule has 0 amide bonds. The van der Waals surface area contributed by atoms with Gasteiger partial charge in [0.1, 0.15) is 4.21 Å². The van der Waals surface area contributed by atoms with Crippen molar-refractivity contribution >= 4 is 27.0 Å². The Kier molecular flexibility index (Phi) is 4.92. The molecule has 0 aliphatic carbocycles. The Morgan fingerprint density at radius 2 is 1.95 bits per heavy atom. The minimum atomic E-state index is -3.92. The van der Waals surface area contributed by atoms with Gasteiger partial charge in [-0.15, -0.1) is 11.3 Å². The summed E-state index contributed by atoms with van der Waals surface area (Å²) in [4.78, 5) is 0.893. The van der Waals surface area contributed by atoms with E-state index in [0.29, 0.717) is 6.42 Å². The molecule has 0 radical (unpaired) electrons. The molecule has 0 atom stereocenters. The molecule has 0 saturated carbocycles. The maximum atomic E-state index is 13.5. The molecule has 0 unspecified atom stereocenters. The highest BCUT2D eigenvalue weighted by atomic mass is 32.2. The summed E-state index contributed by atoms with van der Waals surface area (Å²) in [6.45, 7) is 0.728. The molecular weight excluding hydrogens is 318 g/mol. The molecule has 0 spiro atoms. The van der Waals surface area contributed by atoms with Crippen LogP contribution in [0.1, 0.15) is 4.88 Å². The fourth-order valence-electron chi connectivity index (χ4n) is 1.66. The maximum absolute atomic E-state index is 13.5. The molecule has 2 aromatic rings. The van der Waals surface area contributed by atoms with Crippen molar-refractivity contribution in [2.45, 2.75) is 10.6 Å². The fourth-order valence-corrected chi connectivity index (χ4v) is 4.08. The lowest BCUT2D eigenvalue weighted by atomic mass is 10.3. The van der Waals surface area contributed by atoms with Gasteiger partial charge in [-0.2, -0.15) is 0 Å². The van der Waals surface area contributed by atoms with Crippen molar-refractivity contribution in [2.24, 2.45) is 0 Å². The lowest BCUT2D eigenvalue weighted by Crippen LogP contribution is -2.13. The van der Waals surface area contributed by atoms with E-state index < -0.39 is 27.3 Å². The first-order valence-corrected chi connectivity index (χ1v) is 8.44. The molecule has 114 valence electrons. The molecule has 2 N–H and O–H groups in total. The van der Waals surface area contributed by atoms with Gasteiger partial charge in [-0.1, -0.05) is 6.07 Å². The lowest BCUT2D eigenvalue weighted by molar-refractivity contribution is 0.511. The molecule has 0 saturated heterocycles. The standard InChI is InChI=1S/C13H14F2N2O2S2/c1-16-8-7-9-5-6-12(20-9)21(18,19)17-11-4-2-3-10(14)13(11)15/h2-6,16-17H,7-8H2,1H3. The molecule has 0 aliphatic heterocycles. The third-order valence-electron chi connectivity index (χ3n) is 2.72. The van der Waals surface area contributed by atoms with Crippen molar-refractivity contribution in [3.8, 4) is 0 Å². The van der Waals surface area contributed by atoms with E-state index >= 15 is 0 Å². The normalized spacial score (nSPS) is 11.6. The second-order valence-corrected chi connectivity index (χ2v) is 7.36. The van der Waals surface area contributed by atoms with E-state index in [1.165, 1.54) is 18.2 Å². The van der Waals surface area contributed by atoms with E-state index in [2.05, 4.69) is 10.0 Å². The first kappa shape index (κ1) is 15.9. The van der Waals surface area contributed by atoms with Crippen molar-refractivity contribution in [2.75, 3.05) is 18.3 Å². The summed E-state index contributed by atoms with van der Waals surface area (Å²) < 4.78 is 53.0. The van der Waals surface area contributed by atoms with Gasteiger partial charge < -0.3 is 5.32 Å². The molecule has 1 aromatic carbocycles. The molecule has 0 bridgehead atoms. The molecule has 1 heterocycles. The number of nitrogens with one attached hydrogen (secondary N) is 2. The Bertz CT molecular complexity index is 730. The van der Waals surface area contributed by atoms with Crippen molar-refractivity contribution in [1.29, 1.82) is 0 Å². The number of rotatable bonds is 6.